The number of benzene rings is 1. The smallest absolute Gasteiger partial charge is 0.228 e. The fourth-order valence-corrected chi connectivity index (χ4v) is 3.42. The molecule has 1 saturated heterocycles. The number of nitrogen functional groups attached to an aromatic ring is 1. The third kappa shape index (κ3) is 3.79. The lowest BCUT2D eigenvalue weighted by atomic mass is 10.2. The van der Waals surface area contributed by atoms with E-state index in [1.165, 1.54) is 0 Å². The summed E-state index contributed by atoms with van der Waals surface area (Å²) in [6, 6.07) is 11.3. The van der Waals surface area contributed by atoms with Crippen LogP contribution in [-0.4, -0.2) is 54.5 Å². The maximum atomic E-state index is 5.82. The van der Waals surface area contributed by atoms with E-state index in [2.05, 4.69) is 15.2 Å². The number of aromatic nitrogens is 3. The van der Waals surface area contributed by atoms with E-state index in [0.717, 1.165) is 35.8 Å². The number of hydrogen-bond donors (Lipinski definition) is 2. The molecule has 0 atom stereocenters. The average Bonchev–Trinajstić information content (AvgIpc) is 2.80. The number of anilines is 4. The van der Waals surface area contributed by atoms with E-state index in [0.29, 0.717) is 49.8 Å². The molecule has 5 rings (SSSR count). The number of para-hydroxylation sites is 1. The summed E-state index contributed by atoms with van der Waals surface area (Å²) in [5, 5.41) is 3.37. The molecule has 2 aliphatic rings. The Morgan fingerprint density at radius 3 is 2.67 bits per heavy atom. The Morgan fingerprint density at radius 2 is 1.83 bits per heavy atom. The first kappa shape index (κ1) is 18.4. The Balaban J connectivity index is 1.53. The van der Waals surface area contributed by atoms with Crippen molar-refractivity contribution in [3.63, 3.8) is 0 Å². The molecule has 0 aliphatic carbocycles. The van der Waals surface area contributed by atoms with Gasteiger partial charge >= 0.3 is 0 Å². The van der Waals surface area contributed by atoms with Crippen LogP contribution >= 0.6 is 0 Å². The van der Waals surface area contributed by atoms with Gasteiger partial charge in [0.25, 0.3) is 0 Å². The molecule has 0 spiro atoms. The van der Waals surface area contributed by atoms with Crippen molar-refractivity contribution in [3.05, 3.63) is 42.6 Å². The Kier molecular flexibility index (Phi) is 4.94. The zero-order chi connectivity index (χ0) is 20.3. The number of morpholine rings is 1. The number of ether oxygens (including phenoxy) is 3. The number of nitrogens with two attached hydrogens (primary N) is 1. The lowest BCUT2D eigenvalue weighted by molar-refractivity contribution is 0.122. The van der Waals surface area contributed by atoms with Gasteiger partial charge in [0.1, 0.15) is 24.8 Å². The fraction of sp³-hybridized carbons (Fsp3) is 0.286. The largest absolute Gasteiger partial charge is 0.486 e. The summed E-state index contributed by atoms with van der Waals surface area (Å²) < 4.78 is 17.0. The van der Waals surface area contributed by atoms with Gasteiger partial charge in [-0.15, -0.1) is 0 Å². The summed E-state index contributed by atoms with van der Waals surface area (Å²) in [6.07, 6.45) is 1.71. The SMILES string of the molecule is Nc1ccc(-c2cc(Nc3cccc4c3OCCO4)nc(N3CCOCC3)n2)cn1. The Labute approximate surface area is 173 Å². The molecule has 154 valence electrons. The Bertz CT molecular complexity index is 1040. The molecule has 1 fully saturated rings. The topological polar surface area (TPSA) is 108 Å². The van der Waals surface area contributed by atoms with Crippen LogP contribution in [0.2, 0.25) is 0 Å². The third-order valence-corrected chi connectivity index (χ3v) is 4.92. The second-order valence-corrected chi connectivity index (χ2v) is 6.96. The lowest BCUT2D eigenvalue weighted by Crippen LogP contribution is -2.37. The van der Waals surface area contributed by atoms with Gasteiger partial charge in [-0.1, -0.05) is 6.07 Å². The van der Waals surface area contributed by atoms with Crippen LogP contribution in [0.5, 0.6) is 11.5 Å². The molecule has 30 heavy (non-hydrogen) atoms. The van der Waals surface area contributed by atoms with Gasteiger partial charge in [0, 0.05) is 30.9 Å². The van der Waals surface area contributed by atoms with Crippen molar-refractivity contribution in [2.24, 2.45) is 0 Å². The predicted octanol–water partition coefficient (Wildman–Crippen LogP) is 2.47. The van der Waals surface area contributed by atoms with Gasteiger partial charge < -0.3 is 30.2 Å². The molecule has 1 aromatic carbocycles. The summed E-state index contributed by atoms with van der Waals surface area (Å²) >= 11 is 0. The molecule has 2 aliphatic heterocycles. The van der Waals surface area contributed by atoms with E-state index in [1.54, 1.807) is 12.3 Å². The van der Waals surface area contributed by atoms with E-state index in [1.807, 2.05) is 30.3 Å². The average molecular weight is 406 g/mol. The summed E-state index contributed by atoms with van der Waals surface area (Å²) in [7, 11) is 0. The van der Waals surface area contributed by atoms with Crippen LogP contribution in [0.3, 0.4) is 0 Å². The first-order valence-corrected chi connectivity index (χ1v) is 9.85. The number of nitrogens with zero attached hydrogens (tertiary/aromatic N) is 4. The molecule has 0 unspecified atom stereocenters. The van der Waals surface area contributed by atoms with Crippen LogP contribution in [0.25, 0.3) is 11.3 Å². The molecule has 2 aromatic heterocycles. The number of fused-ring (bicyclic) bond motifs is 1. The second kappa shape index (κ2) is 8.03. The molecule has 3 N–H and O–H groups in total. The number of rotatable bonds is 4. The van der Waals surface area contributed by atoms with E-state index in [4.69, 9.17) is 29.9 Å². The highest BCUT2D eigenvalue weighted by atomic mass is 16.6. The van der Waals surface area contributed by atoms with Crippen molar-refractivity contribution in [3.8, 4) is 22.8 Å². The van der Waals surface area contributed by atoms with Crippen LogP contribution < -0.4 is 25.4 Å². The monoisotopic (exact) mass is 406 g/mol. The lowest BCUT2D eigenvalue weighted by Gasteiger charge is -2.27. The molecule has 3 aromatic rings. The molecule has 9 heteroatoms. The van der Waals surface area contributed by atoms with Crippen LogP contribution in [0, 0.1) is 0 Å². The van der Waals surface area contributed by atoms with E-state index >= 15 is 0 Å². The van der Waals surface area contributed by atoms with Crippen molar-refractivity contribution in [2.75, 3.05) is 55.5 Å². The minimum Gasteiger partial charge on any atom is -0.486 e. The van der Waals surface area contributed by atoms with Gasteiger partial charge in [-0.05, 0) is 24.3 Å². The Hall–Kier alpha value is -3.59. The van der Waals surface area contributed by atoms with Gasteiger partial charge in [0.15, 0.2) is 11.5 Å². The standard InChI is InChI=1S/C21H22N6O3/c22-18-5-4-14(13-23-18)16-12-19(26-21(25-16)27-6-8-28-9-7-27)24-15-2-1-3-17-20(15)30-11-10-29-17/h1-5,12-13H,6-11H2,(H2,22,23)(H,24,25,26). The number of nitrogens with one attached hydrogen (secondary N) is 1. The molecule has 0 saturated carbocycles. The maximum absolute atomic E-state index is 5.82. The minimum absolute atomic E-state index is 0.465. The number of pyridine rings is 1. The number of hydrogen-bond acceptors (Lipinski definition) is 9. The molecule has 0 radical (unpaired) electrons. The normalized spacial score (nSPS) is 15.7. The van der Waals surface area contributed by atoms with Gasteiger partial charge in [0.05, 0.1) is 24.6 Å². The quantitative estimate of drug-likeness (QED) is 0.675. The van der Waals surface area contributed by atoms with Crippen LogP contribution in [0.1, 0.15) is 0 Å². The molecule has 0 amide bonds. The molecule has 0 bridgehead atoms. The van der Waals surface area contributed by atoms with Gasteiger partial charge in [0.2, 0.25) is 5.95 Å². The van der Waals surface area contributed by atoms with Crippen molar-refractivity contribution in [2.45, 2.75) is 0 Å². The highest BCUT2D eigenvalue weighted by Gasteiger charge is 2.19. The summed E-state index contributed by atoms with van der Waals surface area (Å²) in [5.41, 5.74) is 8.15. The zero-order valence-electron chi connectivity index (χ0n) is 16.4. The summed E-state index contributed by atoms with van der Waals surface area (Å²) in [6.45, 7) is 3.83. The van der Waals surface area contributed by atoms with Crippen LogP contribution in [0.4, 0.5) is 23.3 Å². The van der Waals surface area contributed by atoms with Gasteiger partial charge in [-0.25, -0.2) is 9.97 Å². The highest BCUT2D eigenvalue weighted by Crippen LogP contribution is 2.39. The molecular weight excluding hydrogens is 384 g/mol. The zero-order valence-corrected chi connectivity index (χ0v) is 16.4. The van der Waals surface area contributed by atoms with Gasteiger partial charge in [-0.2, -0.15) is 4.98 Å². The van der Waals surface area contributed by atoms with Crippen LogP contribution in [-0.2, 0) is 4.74 Å². The van der Waals surface area contributed by atoms with Crippen LogP contribution in [0.15, 0.2) is 42.6 Å². The van der Waals surface area contributed by atoms with Gasteiger partial charge in [-0.3, -0.25) is 0 Å². The van der Waals surface area contributed by atoms with E-state index in [-0.39, 0.29) is 0 Å². The minimum atomic E-state index is 0.465. The van der Waals surface area contributed by atoms with E-state index in [9.17, 15) is 0 Å². The van der Waals surface area contributed by atoms with Crippen molar-refractivity contribution in [1.29, 1.82) is 0 Å². The van der Waals surface area contributed by atoms with Crippen molar-refractivity contribution in [1.82, 2.24) is 15.0 Å². The molecule has 9 nitrogen and oxygen atoms in total. The summed E-state index contributed by atoms with van der Waals surface area (Å²) in [4.78, 5) is 15.8. The molecular formula is C21H22N6O3. The predicted molar refractivity (Wildman–Crippen MR) is 113 cm³/mol. The van der Waals surface area contributed by atoms with Crippen molar-refractivity contribution >= 4 is 23.3 Å². The third-order valence-electron chi connectivity index (χ3n) is 4.92. The maximum Gasteiger partial charge on any atom is 0.228 e. The highest BCUT2D eigenvalue weighted by molar-refractivity contribution is 5.72. The van der Waals surface area contributed by atoms with Crippen molar-refractivity contribution < 1.29 is 14.2 Å². The summed E-state index contributed by atoms with van der Waals surface area (Å²) in [5.74, 6) is 3.16. The van der Waals surface area contributed by atoms with E-state index < -0.39 is 0 Å². The first-order chi connectivity index (χ1) is 14.8. The second-order valence-electron chi connectivity index (χ2n) is 6.96. The Morgan fingerprint density at radius 1 is 0.967 bits per heavy atom. The molecule has 4 heterocycles. The fourth-order valence-electron chi connectivity index (χ4n) is 3.42. The first-order valence-electron chi connectivity index (χ1n) is 9.85.